The van der Waals surface area contributed by atoms with Gasteiger partial charge in [-0.1, -0.05) is 6.92 Å². The summed E-state index contributed by atoms with van der Waals surface area (Å²) < 4.78 is 10.3. The molecule has 5 heteroatoms. The van der Waals surface area contributed by atoms with Gasteiger partial charge in [-0.2, -0.15) is 0 Å². The second-order valence-electron chi connectivity index (χ2n) is 4.97. The zero-order chi connectivity index (χ0) is 14.1. The first kappa shape index (κ1) is 15.8. The number of rotatable bonds is 7. The molecule has 1 rings (SSSR count). The molecular weight excluding hydrogens is 246 g/mol. The highest BCUT2D eigenvalue weighted by Crippen LogP contribution is 2.35. The van der Waals surface area contributed by atoms with Crippen LogP contribution in [-0.4, -0.2) is 30.8 Å². The Bertz CT molecular complexity index is 298. The summed E-state index contributed by atoms with van der Waals surface area (Å²) in [5, 5.41) is 2.70. The Hall–Kier alpha value is -1.26. The van der Waals surface area contributed by atoms with Crippen molar-refractivity contribution in [3.63, 3.8) is 0 Å². The number of amides is 1. The van der Waals surface area contributed by atoms with Crippen molar-refractivity contribution in [2.45, 2.75) is 64.4 Å². The first-order chi connectivity index (χ1) is 9.12. The minimum atomic E-state index is -0.368. The minimum absolute atomic E-state index is 0.224. The van der Waals surface area contributed by atoms with Crippen LogP contribution in [0.5, 0.6) is 0 Å². The van der Waals surface area contributed by atoms with Crippen molar-refractivity contribution in [3.8, 4) is 0 Å². The molecule has 0 radical (unpaired) electrons. The molecule has 0 aromatic heterocycles. The van der Waals surface area contributed by atoms with E-state index in [4.69, 9.17) is 9.47 Å². The van der Waals surface area contributed by atoms with Gasteiger partial charge in [-0.05, 0) is 45.4 Å². The van der Waals surface area contributed by atoms with Gasteiger partial charge in [0.05, 0.1) is 6.61 Å². The maximum Gasteiger partial charge on any atom is 0.407 e. The van der Waals surface area contributed by atoms with Crippen molar-refractivity contribution in [3.05, 3.63) is 0 Å². The SMILES string of the molecule is CCOC(=O)CCCNC(=O)OC1(CC)CCCC1. The maximum atomic E-state index is 11.7. The number of esters is 1. The topological polar surface area (TPSA) is 64.6 Å². The quantitative estimate of drug-likeness (QED) is 0.571. The Morgan fingerprint density at radius 2 is 1.89 bits per heavy atom. The fraction of sp³-hybridized carbons (Fsp3) is 0.857. The third-order valence-electron chi connectivity index (χ3n) is 3.60. The molecule has 0 spiro atoms. The van der Waals surface area contributed by atoms with E-state index in [0.29, 0.717) is 26.0 Å². The van der Waals surface area contributed by atoms with Crippen molar-refractivity contribution < 1.29 is 19.1 Å². The van der Waals surface area contributed by atoms with Crippen LogP contribution in [0.4, 0.5) is 4.79 Å². The zero-order valence-electron chi connectivity index (χ0n) is 12.0. The third-order valence-corrected chi connectivity index (χ3v) is 3.60. The van der Waals surface area contributed by atoms with Gasteiger partial charge in [-0.3, -0.25) is 4.79 Å². The fourth-order valence-electron chi connectivity index (χ4n) is 2.44. The number of carbonyl (C=O) groups is 2. The van der Waals surface area contributed by atoms with Crippen molar-refractivity contribution in [1.29, 1.82) is 0 Å². The lowest BCUT2D eigenvalue weighted by Gasteiger charge is -2.27. The van der Waals surface area contributed by atoms with Crippen LogP contribution in [0.15, 0.2) is 0 Å². The van der Waals surface area contributed by atoms with Crippen LogP contribution < -0.4 is 5.32 Å². The Morgan fingerprint density at radius 3 is 2.47 bits per heavy atom. The first-order valence-electron chi connectivity index (χ1n) is 7.24. The summed E-state index contributed by atoms with van der Waals surface area (Å²) in [5.41, 5.74) is -0.259. The average molecular weight is 271 g/mol. The molecule has 0 heterocycles. The average Bonchev–Trinajstić information content (AvgIpc) is 2.84. The molecule has 1 N–H and O–H groups in total. The highest BCUT2D eigenvalue weighted by Gasteiger charge is 2.35. The van der Waals surface area contributed by atoms with E-state index in [-0.39, 0.29) is 17.7 Å². The van der Waals surface area contributed by atoms with Gasteiger partial charge in [0.15, 0.2) is 0 Å². The lowest BCUT2D eigenvalue weighted by atomic mass is 9.99. The summed E-state index contributed by atoms with van der Waals surface area (Å²) in [4.78, 5) is 22.8. The summed E-state index contributed by atoms with van der Waals surface area (Å²) in [6.45, 7) is 4.67. The number of ether oxygens (including phenoxy) is 2. The smallest absolute Gasteiger partial charge is 0.407 e. The van der Waals surface area contributed by atoms with E-state index in [1.807, 2.05) is 0 Å². The van der Waals surface area contributed by atoms with E-state index >= 15 is 0 Å². The summed E-state index contributed by atoms with van der Waals surface area (Å²) in [7, 11) is 0. The predicted octanol–water partition coefficient (Wildman–Crippen LogP) is 2.78. The highest BCUT2D eigenvalue weighted by molar-refractivity contribution is 5.70. The lowest BCUT2D eigenvalue weighted by Crippen LogP contribution is -2.37. The summed E-state index contributed by atoms with van der Waals surface area (Å²) in [5.74, 6) is -0.224. The van der Waals surface area contributed by atoms with Crippen LogP contribution in [0.1, 0.15) is 58.8 Å². The van der Waals surface area contributed by atoms with E-state index in [1.54, 1.807) is 6.92 Å². The summed E-state index contributed by atoms with van der Waals surface area (Å²) in [6, 6.07) is 0. The van der Waals surface area contributed by atoms with E-state index in [9.17, 15) is 9.59 Å². The second-order valence-corrected chi connectivity index (χ2v) is 4.97. The lowest BCUT2D eigenvalue weighted by molar-refractivity contribution is -0.143. The molecule has 5 nitrogen and oxygen atoms in total. The molecule has 0 saturated heterocycles. The van der Waals surface area contributed by atoms with Crippen molar-refractivity contribution in [2.75, 3.05) is 13.2 Å². The molecule has 1 saturated carbocycles. The van der Waals surface area contributed by atoms with E-state index in [2.05, 4.69) is 12.2 Å². The predicted molar refractivity (Wildman–Crippen MR) is 71.8 cm³/mol. The van der Waals surface area contributed by atoms with Gasteiger partial charge in [-0.15, -0.1) is 0 Å². The van der Waals surface area contributed by atoms with Crippen molar-refractivity contribution >= 4 is 12.1 Å². The largest absolute Gasteiger partial charge is 0.466 e. The molecule has 0 aromatic carbocycles. The maximum absolute atomic E-state index is 11.7. The Balaban J connectivity index is 2.15. The van der Waals surface area contributed by atoms with Gasteiger partial charge in [0.1, 0.15) is 5.60 Å². The molecule has 1 amide bonds. The molecule has 19 heavy (non-hydrogen) atoms. The van der Waals surface area contributed by atoms with E-state index in [0.717, 1.165) is 32.1 Å². The molecule has 110 valence electrons. The first-order valence-corrected chi connectivity index (χ1v) is 7.24. The molecular formula is C14H25NO4. The Kier molecular flexibility index (Phi) is 6.67. The number of hydrogen-bond donors (Lipinski definition) is 1. The second kappa shape index (κ2) is 8.02. The van der Waals surface area contributed by atoms with Crippen LogP contribution in [0, 0.1) is 0 Å². The molecule has 1 aliphatic rings. The van der Waals surface area contributed by atoms with Gasteiger partial charge in [0.25, 0.3) is 0 Å². The van der Waals surface area contributed by atoms with Crippen LogP contribution in [-0.2, 0) is 14.3 Å². The normalized spacial score (nSPS) is 16.9. The molecule has 0 bridgehead atoms. The zero-order valence-corrected chi connectivity index (χ0v) is 12.0. The van der Waals surface area contributed by atoms with Crippen molar-refractivity contribution in [2.24, 2.45) is 0 Å². The molecule has 0 aliphatic heterocycles. The minimum Gasteiger partial charge on any atom is -0.466 e. The number of carbonyl (C=O) groups excluding carboxylic acids is 2. The fourth-order valence-corrected chi connectivity index (χ4v) is 2.44. The summed E-state index contributed by atoms with van der Waals surface area (Å²) >= 11 is 0. The van der Waals surface area contributed by atoms with Gasteiger partial charge in [0, 0.05) is 13.0 Å². The Morgan fingerprint density at radius 1 is 1.21 bits per heavy atom. The van der Waals surface area contributed by atoms with Gasteiger partial charge < -0.3 is 14.8 Å². The number of alkyl carbamates (subject to hydrolysis) is 1. The van der Waals surface area contributed by atoms with Gasteiger partial charge >= 0.3 is 12.1 Å². The number of hydrogen-bond acceptors (Lipinski definition) is 4. The molecule has 0 aromatic rings. The van der Waals surface area contributed by atoms with Gasteiger partial charge in [0.2, 0.25) is 0 Å². The third kappa shape index (κ3) is 5.49. The summed E-state index contributed by atoms with van der Waals surface area (Å²) in [6.07, 6.45) is 5.57. The van der Waals surface area contributed by atoms with Crippen LogP contribution in [0.3, 0.4) is 0 Å². The van der Waals surface area contributed by atoms with Crippen LogP contribution in [0.25, 0.3) is 0 Å². The number of nitrogens with one attached hydrogen (secondary N) is 1. The van der Waals surface area contributed by atoms with Gasteiger partial charge in [-0.25, -0.2) is 4.79 Å². The van der Waals surface area contributed by atoms with Crippen molar-refractivity contribution in [1.82, 2.24) is 5.32 Å². The van der Waals surface area contributed by atoms with E-state index in [1.165, 1.54) is 0 Å². The molecule has 0 atom stereocenters. The molecule has 1 fully saturated rings. The highest BCUT2D eigenvalue weighted by atomic mass is 16.6. The Labute approximate surface area is 115 Å². The molecule has 1 aliphatic carbocycles. The monoisotopic (exact) mass is 271 g/mol. The standard InChI is InChI=1S/C14H25NO4/c1-3-14(9-5-6-10-14)19-13(17)15-11-7-8-12(16)18-4-2/h3-11H2,1-2H3,(H,15,17). The van der Waals surface area contributed by atoms with Crippen LogP contribution >= 0.6 is 0 Å². The van der Waals surface area contributed by atoms with Crippen LogP contribution in [0.2, 0.25) is 0 Å². The van der Waals surface area contributed by atoms with E-state index < -0.39 is 0 Å². The molecule has 0 unspecified atom stereocenters.